The van der Waals surface area contributed by atoms with Crippen molar-refractivity contribution in [2.24, 2.45) is 0 Å². The van der Waals surface area contributed by atoms with Crippen LogP contribution < -0.4 is 14.8 Å². The number of carbonyl (C=O) groups is 1. The predicted octanol–water partition coefficient (Wildman–Crippen LogP) is 3.76. The molecule has 0 aromatic heterocycles. The molecular weight excluding hydrogens is 376 g/mol. The summed E-state index contributed by atoms with van der Waals surface area (Å²) in [5.41, 5.74) is 2.30. The second-order valence-corrected chi connectivity index (χ2v) is 6.94. The Labute approximate surface area is 173 Å². The lowest BCUT2D eigenvalue weighted by atomic mass is 10.1. The number of ether oxygens (including phenoxy) is 2. The summed E-state index contributed by atoms with van der Waals surface area (Å²) in [4.78, 5) is 14.7. The van der Waals surface area contributed by atoms with E-state index in [4.69, 9.17) is 9.47 Å². The minimum atomic E-state index is -0.103. The maximum Gasteiger partial charge on any atom is 0.258 e. The van der Waals surface area contributed by atoms with Crippen LogP contribution in [0.15, 0.2) is 48.5 Å². The summed E-state index contributed by atoms with van der Waals surface area (Å²) in [6.07, 6.45) is 2.41. The molecule has 152 valence electrons. The molecule has 0 radical (unpaired) electrons. The van der Waals surface area contributed by atoms with Crippen molar-refractivity contribution in [3.8, 4) is 11.5 Å². The van der Waals surface area contributed by atoms with Gasteiger partial charge in [0.1, 0.15) is 11.5 Å². The highest BCUT2D eigenvalue weighted by Crippen LogP contribution is 2.26. The Morgan fingerprint density at radius 1 is 1.11 bits per heavy atom. The van der Waals surface area contributed by atoms with Gasteiger partial charge >= 0.3 is 0 Å². The Morgan fingerprint density at radius 3 is 2.46 bits per heavy atom. The van der Waals surface area contributed by atoms with Gasteiger partial charge in [0.05, 0.1) is 13.2 Å². The molecule has 1 unspecified atom stereocenters. The lowest BCUT2D eigenvalue weighted by Crippen LogP contribution is -2.38. The molecular formula is C22H29ClN2O3. The van der Waals surface area contributed by atoms with Crippen LogP contribution >= 0.6 is 12.4 Å². The minimum absolute atomic E-state index is 0. The molecule has 6 heteroatoms. The Balaban J connectivity index is 0.00000280. The van der Waals surface area contributed by atoms with E-state index in [-0.39, 0.29) is 31.0 Å². The zero-order valence-corrected chi connectivity index (χ0v) is 17.3. The van der Waals surface area contributed by atoms with Crippen molar-refractivity contribution in [1.82, 2.24) is 10.2 Å². The summed E-state index contributed by atoms with van der Waals surface area (Å²) < 4.78 is 10.9. The fraction of sp³-hybridized carbons (Fsp3) is 0.409. The number of benzene rings is 2. The third-order valence-electron chi connectivity index (χ3n) is 4.93. The monoisotopic (exact) mass is 404 g/mol. The number of amides is 1. The number of nitrogens with zero attached hydrogens (tertiary/aromatic N) is 1. The van der Waals surface area contributed by atoms with Gasteiger partial charge in [0.2, 0.25) is 0 Å². The molecule has 1 saturated heterocycles. The Bertz CT molecular complexity index is 746. The average molecular weight is 405 g/mol. The fourth-order valence-electron chi connectivity index (χ4n) is 3.45. The second kappa shape index (κ2) is 10.9. The summed E-state index contributed by atoms with van der Waals surface area (Å²) in [7, 11) is 1.67. The SMILES string of the molecule is COc1ccc(C(CNC(=O)COc2cccc(C)c2)N2CCCC2)cc1.Cl. The fourth-order valence-corrected chi connectivity index (χ4v) is 3.45. The third kappa shape index (κ3) is 6.14. The number of aryl methyl sites for hydroxylation is 1. The number of hydrogen-bond acceptors (Lipinski definition) is 4. The van der Waals surface area contributed by atoms with Crippen molar-refractivity contribution in [2.45, 2.75) is 25.8 Å². The van der Waals surface area contributed by atoms with Crippen LogP contribution in [0, 0.1) is 6.92 Å². The van der Waals surface area contributed by atoms with E-state index < -0.39 is 0 Å². The van der Waals surface area contributed by atoms with Crippen LogP contribution in [0.25, 0.3) is 0 Å². The molecule has 1 N–H and O–H groups in total. The second-order valence-electron chi connectivity index (χ2n) is 6.94. The van der Waals surface area contributed by atoms with Crippen LogP contribution in [-0.4, -0.2) is 44.2 Å². The highest BCUT2D eigenvalue weighted by molar-refractivity contribution is 5.85. The molecule has 5 nitrogen and oxygen atoms in total. The molecule has 28 heavy (non-hydrogen) atoms. The summed E-state index contributed by atoms with van der Waals surface area (Å²) >= 11 is 0. The molecule has 1 aliphatic rings. The van der Waals surface area contributed by atoms with E-state index in [1.54, 1.807) is 7.11 Å². The first-order valence-electron chi connectivity index (χ1n) is 9.50. The molecule has 0 spiro atoms. The molecule has 1 amide bonds. The van der Waals surface area contributed by atoms with Crippen molar-refractivity contribution in [1.29, 1.82) is 0 Å². The Kier molecular flexibility index (Phi) is 8.61. The normalized spacial score (nSPS) is 14.8. The van der Waals surface area contributed by atoms with E-state index in [9.17, 15) is 4.79 Å². The van der Waals surface area contributed by atoms with E-state index in [1.807, 2.05) is 43.3 Å². The van der Waals surface area contributed by atoms with Crippen LogP contribution in [0.3, 0.4) is 0 Å². The summed E-state index contributed by atoms with van der Waals surface area (Å²) in [6.45, 7) is 4.72. The minimum Gasteiger partial charge on any atom is -0.497 e. The van der Waals surface area contributed by atoms with Crippen molar-refractivity contribution < 1.29 is 14.3 Å². The van der Waals surface area contributed by atoms with Gasteiger partial charge in [-0.15, -0.1) is 12.4 Å². The van der Waals surface area contributed by atoms with Gasteiger partial charge in [-0.05, 0) is 68.2 Å². The quantitative estimate of drug-likeness (QED) is 0.727. The lowest BCUT2D eigenvalue weighted by Gasteiger charge is -2.28. The molecule has 0 saturated carbocycles. The maximum absolute atomic E-state index is 12.3. The van der Waals surface area contributed by atoms with Gasteiger partial charge in [-0.1, -0.05) is 24.3 Å². The van der Waals surface area contributed by atoms with Gasteiger partial charge in [0.25, 0.3) is 5.91 Å². The van der Waals surface area contributed by atoms with Crippen molar-refractivity contribution in [3.63, 3.8) is 0 Å². The molecule has 1 atom stereocenters. The van der Waals surface area contributed by atoms with Gasteiger partial charge in [-0.2, -0.15) is 0 Å². The number of hydrogen-bond donors (Lipinski definition) is 1. The molecule has 0 bridgehead atoms. The van der Waals surface area contributed by atoms with E-state index in [1.165, 1.54) is 18.4 Å². The lowest BCUT2D eigenvalue weighted by molar-refractivity contribution is -0.123. The van der Waals surface area contributed by atoms with E-state index in [0.29, 0.717) is 6.54 Å². The first kappa shape index (κ1) is 22.1. The van der Waals surface area contributed by atoms with Crippen LogP contribution in [0.4, 0.5) is 0 Å². The molecule has 1 fully saturated rings. The molecule has 2 aromatic rings. The zero-order valence-electron chi connectivity index (χ0n) is 16.5. The molecule has 1 aliphatic heterocycles. The first-order valence-corrected chi connectivity index (χ1v) is 9.50. The summed E-state index contributed by atoms with van der Waals surface area (Å²) in [6, 6.07) is 16.0. The standard InChI is InChI=1S/C22H28N2O3.ClH/c1-17-6-5-7-20(14-17)27-16-22(25)23-15-21(24-12-3-4-13-24)18-8-10-19(26-2)11-9-18;/h5-11,14,21H,3-4,12-13,15-16H2,1-2H3,(H,23,25);1H. The number of carbonyl (C=O) groups excluding carboxylic acids is 1. The van der Waals surface area contributed by atoms with Crippen molar-refractivity contribution >= 4 is 18.3 Å². The Hall–Kier alpha value is -2.24. The van der Waals surface area contributed by atoms with Gasteiger partial charge < -0.3 is 14.8 Å². The summed E-state index contributed by atoms with van der Waals surface area (Å²) in [5.74, 6) is 1.46. The highest BCUT2D eigenvalue weighted by atomic mass is 35.5. The smallest absolute Gasteiger partial charge is 0.258 e. The molecule has 0 aliphatic carbocycles. The van der Waals surface area contributed by atoms with Gasteiger partial charge in [-0.25, -0.2) is 0 Å². The molecule has 1 heterocycles. The largest absolute Gasteiger partial charge is 0.497 e. The molecule has 2 aromatic carbocycles. The topological polar surface area (TPSA) is 50.8 Å². The number of likely N-dealkylation sites (tertiary alicyclic amines) is 1. The van der Waals surface area contributed by atoms with Crippen LogP contribution in [0.2, 0.25) is 0 Å². The summed E-state index contributed by atoms with van der Waals surface area (Å²) in [5, 5.41) is 3.03. The number of halogens is 1. The third-order valence-corrected chi connectivity index (χ3v) is 4.93. The van der Waals surface area contributed by atoms with E-state index >= 15 is 0 Å². The number of methoxy groups -OCH3 is 1. The first-order chi connectivity index (χ1) is 13.2. The van der Waals surface area contributed by atoms with Crippen LogP contribution in [0.1, 0.15) is 30.0 Å². The van der Waals surface area contributed by atoms with Gasteiger partial charge in [0, 0.05) is 6.54 Å². The van der Waals surface area contributed by atoms with Crippen molar-refractivity contribution in [2.75, 3.05) is 33.4 Å². The number of nitrogens with one attached hydrogen (secondary N) is 1. The highest BCUT2D eigenvalue weighted by Gasteiger charge is 2.24. The van der Waals surface area contributed by atoms with Crippen LogP contribution in [-0.2, 0) is 4.79 Å². The van der Waals surface area contributed by atoms with E-state index in [2.05, 4.69) is 22.3 Å². The Morgan fingerprint density at radius 2 is 1.82 bits per heavy atom. The average Bonchev–Trinajstić information content (AvgIpc) is 3.21. The van der Waals surface area contributed by atoms with Crippen LogP contribution in [0.5, 0.6) is 11.5 Å². The van der Waals surface area contributed by atoms with Gasteiger partial charge in [-0.3, -0.25) is 9.69 Å². The predicted molar refractivity (Wildman–Crippen MR) is 113 cm³/mol. The maximum atomic E-state index is 12.3. The van der Waals surface area contributed by atoms with Gasteiger partial charge in [0.15, 0.2) is 6.61 Å². The zero-order chi connectivity index (χ0) is 19.1. The molecule has 3 rings (SSSR count). The number of rotatable bonds is 8. The van der Waals surface area contributed by atoms with E-state index in [0.717, 1.165) is 30.2 Å². The van der Waals surface area contributed by atoms with Crippen molar-refractivity contribution in [3.05, 3.63) is 59.7 Å².